The second kappa shape index (κ2) is 5.61. The summed E-state index contributed by atoms with van der Waals surface area (Å²) in [6.07, 6.45) is 0.477. The fourth-order valence-corrected chi connectivity index (χ4v) is 2.55. The number of carbonyl (C=O) groups excluding carboxylic acids is 1. The topological polar surface area (TPSA) is 66.8 Å². The number of amides is 1. The summed E-state index contributed by atoms with van der Waals surface area (Å²) >= 11 is 3.37. The third kappa shape index (κ3) is 2.89. The van der Waals surface area contributed by atoms with E-state index < -0.39 is 5.97 Å². The SMILES string of the molecule is COc1cc(C(=O)O)cc(N2CC(CBr)CC2=O)c1. The largest absolute Gasteiger partial charge is 0.497 e. The smallest absolute Gasteiger partial charge is 0.335 e. The fourth-order valence-electron chi connectivity index (χ4n) is 2.11. The van der Waals surface area contributed by atoms with Crippen molar-refractivity contribution in [3.05, 3.63) is 23.8 Å². The van der Waals surface area contributed by atoms with E-state index in [0.29, 0.717) is 24.4 Å². The van der Waals surface area contributed by atoms with Gasteiger partial charge in [-0.3, -0.25) is 4.79 Å². The molecule has 0 aliphatic carbocycles. The van der Waals surface area contributed by atoms with E-state index in [4.69, 9.17) is 9.84 Å². The van der Waals surface area contributed by atoms with Crippen molar-refractivity contribution in [3.8, 4) is 5.75 Å². The summed E-state index contributed by atoms with van der Waals surface area (Å²) in [5.74, 6) is -0.338. The molecule has 1 atom stereocenters. The van der Waals surface area contributed by atoms with E-state index in [1.807, 2.05) is 0 Å². The van der Waals surface area contributed by atoms with Crippen LogP contribution in [0.1, 0.15) is 16.8 Å². The number of carboxylic acid groups (broad SMARTS) is 1. The van der Waals surface area contributed by atoms with Gasteiger partial charge in [0.25, 0.3) is 0 Å². The van der Waals surface area contributed by atoms with Crippen LogP contribution in [0.3, 0.4) is 0 Å². The molecule has 1 unspecified atom stereocenters. The van der Waals surface area contributed by atoms with E-state index >= 15 is 0 Å². The molecule has 1 aromatic rings. The van der Waals surface area contributed by atoms with Crippen LogP contribution in [0.25, 0.3) is 0 Å². The standard InChI is InChI=1S/C13H14BrNO4/c1-19-11-4-9(13(17)18)3-10(5-11)15-7-8(6-14)2-12(15)16/h3-5,8H,2,6-7H2,1H3,(H,17,18). The van der Waals surface area contributed by atoms with E-state index in [2.05, 4.69) is 15.9 Å². The first-order chi connectivity index (χ1) is 9.05. The minimum absolute atomic E-state index is 0.00837. The average Bonchev–Trinajstić information content (AvgIpc) is 2.79. The lowest BCUT2D eigenvalue weighted by Crippen LogP contribution is -2.25. The molecule has 2 rings (SSSR count). The van der Waals surface area contributed by atoms with Crippen LogP contribution < -0.4 is 9.64 Å². The van der Waals surface area contributed by atoms with Crippen molar-refractivity contribution in [1.29, 1.82) is 0 Å². The molecule has 1 heterocycles. The van der Waals surface area contributed by atoms with Gasteiger partial charge in [-0.15, -0.1) is 0 Å². The number of aromatic carboxylic acids is 1. The molecule has 0 bridgehead atoms. The first-order valence-electron chi connectivity index (χ1n) is 5.84. The van der Waals surface area contributed by atoms with Gasteiger partial charge >= 0.3 is 5.97 Å². The minimum Gasteiger partial charge on any atom is -0.497 e. The molecule has 1 aliphatic heterocycles. The number of anilines is 1. The van der Waals surface area contributed by atoms with Gasteiger partial charge in [0.2, 0.25) is 5.91 Å². The Morgan fingerprint density at radius 3 is 2.79 bits per heavy atom. The van der Waals surface area contributed by atoms with E-state index in [0.717, 1.165) is 5.33 Å². The lowest BCUT2D eigenvalue weighted by Gasteiger charge is -2.18. The van der Waals surface area contributed by atoms with Gasteiger partial charge in [0, 0.05) is 30.0 Å². The number of carboxylic acids is 1. The third-order valence-electron chi connectivity index (χ3n) is 3.11. The number of methoxy groups -OCH3 is 1. The summed E-state index contributed by atoms with van der Waals surface area (Å²) in [7, 11) is 1.47. The molecule has 0 spiro atoms. The fraction of sp³-hybridized carbons (Fsp3) is 0.385. The molecule has 0 aromatic heterocycles. The molecule has 1 aromatic carbocycles. The maximum absolute atomic E-state index is 11.9. The number of alkyl halides is 1. The molecular formula is C13H14BrNO4. The summed E-state index contributed by atoms with van der Waals surface area (Å²) in [5, 5.41) is 9.82. The highest BCUT2D eigenvalue weighted by atomic mass is 79.9. The van der Waals surface area contributed by atoms with Crippen LogP contribution >= 0.6 is 15.9 Å². The molecule has 5 nitrogen and oxygen atoms in total. The zero-order valence-corrected chi connectivity index (χ0v) is 12.0. The van der Waals surface area contributed by atoms with Gasteiger partial charge in [-0.1, -0.05) is 15.9 Å². The predicted molar refractivity (Wildman–Crippen MR) is 74.2 cm³/mol. The predicted octanol–water partition coefficient (Wildman–Crippen LogP) is 2.14. The Labute approximate surface area is 119 Å². The summed E-state index contributed by atoms with van der Waals surface area (Å²) in [5.41, 5.74) is 0.689. The van der Waals surface area contributed by atoms with E-state index in [1.165, 1.54) is 19.2 Å². The Hall–Kier alpha value is -1.56. The van der Waals surface area contributed by atoms with Gasteiger partial charge in [-0.25, -0.2) is 4.79 Å². The van der Waals surface area contributed by atoms with Crippen LogP contribution in [0, 0.1) is 5.92 Å². The van der Waals surface area contributed by atoms with Gasteiger partial charge in [0.05, 0.1) is 12.7 Å². The van der Waals surface area contributed by atoms with Crippen molar-refractivity contribution >= 4 is 33.5 Å². The van der Waals surface area contributed by atoms with Crippen molar-refractivity contribution in [2.75, 3.05) is 23.9 Å². The maximum Gasteiger partial charge on any atom is 0.335 e. The van der Waals surface area contributed by atoms with Gasteiger partial charge in [-0.2, -0.15) is 0 Å². The monoisotopic (exact) mass is 327 g/mol. The second-order valence-electron chi connectivity index (χ2n) is 4.45. The highest BCUT2D eigenvalue weighted by molar-refractivity contribution is 9.09. The molecule has 0 saturated carbocycles. The zero-order valence-electron chi connectivity index (χ0n) is 10.4. The number of carbonyl (C=O) groups is 2. The van der Waals surface area contributed by atoms with Gasteiger partial charge in [0.1, 0.15) is 5.75 Å². The number of hydrogen-bond donors (Lipinski definition) is 1. The molecule has 102 valence electrons. The summed E-state index contributed by atoms with van der Waals surface area (Å²) in [6.45, 7) is 0.594. The van der Waals surface area contributed by atoms with E-state index in [1.54, 1.807) is 11.0 Å². The molecule has 1 amide bonds. The normalized spacial score (nSPS) is 18.7. The average molecular weight is 328 g/mol. The van der Waals surface area contributed by atoms with E-state index in [-0.39, 0.29) is 17.4 Å². The Morgan fingerprint density at radius 2 is 2.26 bits per heavy atom. The number of nitrogens with zero attached hydrogens (tertiary/aromatic N) is 1. The molecular weight excluding hydrogens is 314 g/mol. The number of rotatable bonds is 4. The van der Waals surface area contributed by atoms with Gasteiger partial charge in [-0.05, 0) is 18.1 Å². The van der Waals surface area contributed by atoms with Crippen LogP contribution in [0.4, 0.5) is 5.69 Å². The first kappa shape index (κ1) is 13.9. The van der Waals surface area contributed by atoms with Crippen molar-refractivity contribution in [2.24, 2.45) is 5.92 Å². The lowest BCUT2D eigenvalue weighted by atomic mass is 10.1. The second-order valence-corrected chi connectivity index (χ2v) is 5.10. The van der Waals surface area contributed by atoms with Gasteiger partial charge in [0.15, 0.2) is 0 Å². The number of hydrogen-bond acceptors (Lipinski definition) is 3. The molecule has 6 heteroatoms. The highest BCUT2D eigenvalue weighted by Crippen LogP contribution is 2.30. The zero-order chi connectivity index (χ0) is 14.0. The molecule has 1 saturated heterocycles. The van der Waals surface area contributed by atoms with Crippen LogP contribution in [0.5, 0.6) is 5.75 Å². The third-order valence-corrected chi connectivity index (χ3v) is 4.02. The molecule has 19 heavy (non-hydrogen) atoms. The molecule has 0 radical (unpaired) electrons. The van der Waals surface area contributed by atoms with Crippen LogP contribution in [-0.2, 0) is 4.79 Å². The summed E-state index contributed by atoms with van der Waals surface area (Å²) in [6, 6.07) is 4.62. The summed E-state index contributed by atoms with van der Waals surface area (Å²) < 4.78 is 5.08. The van der Waals surface area contributed by atoms with E-state index in [9.17, 15) is 9.59 Å². The Bertz CT molecular complexity index is 517. The quantitative estimate of drug-likeness (QED) is 0.860. The summed E-state index contributed by atoms with van der Waals surface area (Å²) in [4.78, 5) is 24.6. The highest BCUT2D eigenvalue weighted by Gasteiger charge is 2.30. The maximum atomic E-state index is 11.9. The van der Waals surface area contributed by atoms with Crippen LogP contribution in [-0.4, -0.2) is 36.0 Å². The number of halogens is 1. The van der Waals surface area contributed by atoms with Crippen molar-refractivity contribution in [2.45, 2.75) is 6.42 Å². The number of ether oxygens (including phenoxy) is 1. The number of benzene rings is 1. The van der Waals surface area contributed by atoms with Crippen LogP contribution in [0.15, 0.2) is 18.2 Å². The Balaban J connectivity index is 2.36. The Kier molecular flexibility index (Phi) is 4.09. The van der Waals surface area contributed by atoms with Crippen LogP contribution in [0.2, 0.25) is 0 Å². The Morgan fingerprint density at radius 1 is 1.53 bits per heavy atom. The first-order valence-corrected chi connectivity index (χ1v) is 6.96. The minimum atomic E-state index is -1.04. The molecule has 1 aliphatic rings. The molecule has 1 N–H and O–H groups in total. The van der Waals surface area contributed by atoms with Crippen molar-refractivity contribution in [3.63, 3.8) is 0 Å². The lowest BCUT2D eigenvalue weighted by molar-refractivity contribution is -0.117. The molecule has 1 fully saturated rings. The van der Waals surface area contributed by atoms with Crippen molar-refractivity contribution in [1.82, 2.24) is 0 Å². The van der Waals surface area contributed by atoms with Gasteiger partial charge < -0.3 is 14.7 Å². The van der Waals surface area contributed by atoms with Crippen molar-refractivity contribution < 1.29 is 19.4 Å².